The maximum atomic E-state index is 10.8. The second-order valence-electron chi connectivity index (χ2n) is 2.88. The molecule has 0 aromatic rings. The van der Waals surface area contributed by atoms with E-state index in [1.165, 1.54) is 0 Å². The third-order valence-corrected chi connectivity index (χ3v) is 3.94. The van der Waals surface area contributed by atoms with Crippen LogP contribution in [0.5, 0.6) is 0 Å². The van der Waals surface area contributed by atoms with Crippen LogP contribution in [0, 0.1) is 0 Å². The number of hydrogen-bond acceptors (Lipinski definition) is 3. The first-order valence-electron chi connectivity index (χ1n) is 4.19. The van der Waals surface area contributed by atoms with Crippen LogP contribution in [0.4, 0.5) is 0 Å². The van der Waals surface area contributed by atoms with E-state index in [9.17, 15) is 8.76 Å². The van der Waals surface area contributed by atoms with Gasteiger partial charge in [-0.25, -0.2) is 4.31 Å². The van der Waals surface area contributed by atoms with Crippen molar-refractivity contribution in [2.75, 3.05) is 18.1 Å². The molecule has 1 fully saturated rings. The standard InChI is InChI=1S/C7H15NO2S2/c1-2-3-7-6-11-5-4-8(7)12(9)10/h7H,2-6H2,1H3,(H,9,10)/p-1. The fraction of sp³-hybridized carbons (Fsp3) is 1.00. The zero-order chi connectivity index (χ0) is 8.97. The fourth-order valence-corrected chi connectivity index (χ4v) is 3.38. The molecule has 1 saturated heterocycles. The molecule has 0 aromatic carbocycles. The molecule has 0 amide bonds. The smallest absolute Gasteiger partial charge is 0.0306 e. The Hall–Kier alpha value is 0.420. The maximum Gasteiger partial charge on any atom is 0.0306 e. The van der Waals surface area contributed by atoms with Crippen LogP contribution in [0.25, 0.3) is 0 Å². The number of thioether (sulfide) groups is 1. The average molecular weight is 208 g/mol. The summed E-state index contributed by atoms with van der Waals surface area (Å²) in [7, 11) is 0. The zero-order valence-corrected chi connectivity index (χ0v) is 8.83. The molecule has 1 rings (SSSR count). The van der Waals surface area contributed by atoms with Crippen molar-refractivity contribution in [3.05, 3.63) is 0 Å². The van der Waals surface area contributed by atoms with Crippen LogP contribution < -0.4 is 0 Å². The molecule has 0 bridgehead atoms. The van der Waals surface area contributed by atoms with E-state index in [0.717, 1.165) is 24.3 Å². The molecular formula is C7H14NO2S2-. The summed E-state index contributed by atoms with van der Waals surface area (Å²) >= 11 is -0.164. The summed E-state index contributed by atoms with van der Waals surface area (Å²) in [5.74, 6) is 1.90. The van der Waals surface area contributed by atoms with Gasteiger partial charge >= 0.3 is 0 Å². The van der Waals surface area contributed by atoms with Gasteiger partial charge < -0.3 is 4.55 Å². The molecule has 0 N–H and O–H groups in total. The first-order valence-corrected chi connectivity index (χ1v) is 6.38. The van der Waals surface area contributed by atoms with Crippen LogP contribution in [0.1, 0.15) is 19.8 Å². The lowest BCUT2D eigenvalue weighted by molar-refractivity contribution is 0.319. The van der Waals surface area contributed by atoms with Gasteiger partial charge in [-0.1, -0.05) is 13.3 Å². The molecule has 0 aliphatic carbocycles. The largest absolute Gasteiger partial charge is 0.760 e. The van der Waals surface area contributed by atoms with Gasteiger partial charge in [0.2, 0.25) is 0 Å². The minimum atomic E-state index is -2.01. The van der Waals surface area contributed by atoms with Crippen LogP contribution in [0.2, 0.25) is 0 Å². The lowest BCUT2D eigenvalue weighted by Gasteiger charge is -2.35. The Morgan fingerprint density at radius 1 is 1.75 bits per heavy atom. The van der Waals surface area contributed by atoms with Crippen molar-refractivity contribution in [3.8, 4) is 0 Å². The first-order chi connectivity index (χ1) is 5.75. The van der Waals surface area contributed by atoms with Gasteiger partial charge in [0.1, 0.15) is 0 Å². The lowest BCUT2D eigenvalue weighted by Crippen LogP contribution is -2.43. The van der Waals surface area contributed by atoms with Gasteiger partial charge in [0.15, 0.2) is 0 Å². The molecule has 0 radical (unpaired) electrons. The summed E-state index contributed by atoms with van der Waals surface area (Å²) in [6.45, 7) is 2.77. The molecule has 12 heavy (non-hydrogen) atoms. The van der Waals surface area contributed by atoms with Gasteiger partial charge in [-0.2, -0.15) is 11.8 Å². The van der Waals surface area contributed by atoms with Crippen molar-refractivity contribution in [3.63, 3.8) is 0 Å². The van der Waals surface area contributed by atoms with E-state index in [1.807, 2.05) is 11.8 Å². The van der Waals surface area contributed by atoms with E-state index in [4.69, 9.17) is 0 Å². The minimum Gasteiger partial charge on any atom is -0.760 e. The molecule has 5 heteroatoms. The van der Waals surface area contributed by atoms with Crippen molar-refractivity contribution in [2.24, 2.45) is 0 Å². The van der Waals surface area contributed by atoms with E-state index >= 15 is 0 Å². The van der Waals surface area contributed by atoms with Gasteiger partial charge in [-0.05, 0) is 6.42 Å². The molecule has 2 atom stereocenters. The number of hydrogen-bond donors (Lipinski definition) is 0. The highest BCUT2D eigenvalue weighted by molar-refractivity contribution is 7.99. The molecule has 3 nitrogen and oxygen atoms in total. The van der Waals surface area contributed by atoms with Crippen LogP contribution >= 0.6 is 11.8 Å². The van der Waals surface area contributed by atoms with Crippen molar-refractivity contribution < 1.29 is 8.76 Å². The average Bonchev–Trinajstić information content (AvgIpc) is 2.05. The molecule has 0 saturated carbocycles. The Bertz CT molecular complexity index is 163. The molecule has 1 aliphatic rings. The normalized spacial score (nSPS) is 28.7. The fourth-order valence-electron chi connectivity index (χ4n) is 1.40. The van der Waals surface area contributed by atoms with Crippen molar-refractivity contribution in [1.82, 2.24) is 4.31 Å². The van der Waals surface area contributed by atoms with Crippen LogP contribution in [0.15, 0.2) is 0 Å². The molecule has 72 valence electrons. The van der Waals surface area contributed by atoms with E-state index in [0.29, 0.717) is 6.54 Å². The van der Waals surface area contributed by atoms with Gasteiger partial charge in [0, 0.05) is 35.4 Å². The second-order valence-corrected chi connectivity index (χ2v) is 4.93. The maximum absolute atomic E-state index is 10.8. The van der Waals surface area contributed by atoms with Crippen LogP contribution in [0.3, 0.4) is 0 Å². The highest BCUT2D eigenvalue weighted by atomic mass is 32.2. The molecular weight excluding hydrogens is 194 g/mol. The van der Waals surface area contributed by atoms with E-state index in [-0.39, 0.29) is 6.04 Å². The zero-order valence-electron chi connectivity index (χ0n) is 7.19. The number of nitrogens with zero attached hydrogens (tertiary/aromatic N) is 1. The molecule has 0 spiro atoms. The molecule has 0 aromatic heterocycles. The summed E-state index contributed by atoms with van der Waals surface area (Å²) in [5, 5.41) is 0. The summed E-state index contributed by atoms with van der Waals surface area (Å²) in [6.07, 6.45) is 2.04. The predicted molar refractivity (Wildman–Crippen MR) is 51.6 cm³/mol. The third kappa shape index (κ3) is 2.73. The first kappa shape index (κ1) is 10.5. The molecule has 1 heterocycles. The van der Waals surface area contributed by atoms with Crippen LogP contribution in [-0.2, 0) is 11.3 Å². The SMILES string of the molecule is CCCC1CSCCN1S(=O)[O-]. The second kappa shape index (κ2) is 5.21. The van der Waals surface area contributed by atoms with Crippen LogP contribution in [-0.4, -0.2) is 37.2 Å². The van der Waals surface area contributed by atoms with E-state index < -0.39 is 11.3 Å². The van der Waals surface area contributed by atoms with Gasteiger partial charge in [-0.3, -0.25) is 4.21 Å². The highest BCUT2D eigenvalue weighted by Gasteiger charge is 2.22. The Balaban J connectivity index is 2.48. The van der Waals surface area contributed by atoms with Gasteiger partial charge in [0.25, 0.3) is 0 Å². The quantitative estimate of drug-likeness (QED) is 0.650. The Morgan fingerprint density at radius 3 is 3.08 bits per heavy atom. The summed E-state index contributed by atoms with van der Waals surface area (Å²) in [6, 6.07) is 0.243. The summed E-state index contributed by atoms with van der Waals surface area (Å²) < 4.78 is 23.1. The van der Waals surface area contributed by atoms with Crippen molar-refractivity contribution in [2.45, 2.75) is 25.8 Å². The predicted octanol–water partition coefficient (Wildman–Crippen LogP) is 0.998. The molecule has 1 aliphatic heterocycles. The minimum absolute atomic E-state index is 0.243. The topological polar surface area (TPSA) is 43.4 Å². The third-order valence-electron chi connectivity index (χ3n) is 1.99. The highest BCUT2D eigenvalue weighted by Crippen LogP contribution is 2.20. The van der Waals surface area contributed by atoms with Gasteiger partial charge in [-0.15, -0.1) is 0 Å². The van der Waals surface area contributed by atoms with E-state index in [2.05, 4.69) is 6.92 Å². The van der Waals surface area contributed by atoms with E-state index in [1.54, 1.807) is 4.31 Å². The van der Waals surface area contributed by atoms with Crippen molar-refractivity contribution >= 4 is 23.0 Å². The summed E-state index contributed by atoms with van der Waals surface area (Å²) in [5.41, 5.74) is 0. The number of rotatable bonds is 3. The summed E-state index contributed by atoms with van der Waals surface area (Å²) in [4.78, 5) is 0. The Labute approximate surface area is 80.3 Å². The monoisotopic (exact) mass is 208 g/mol. The lowest BCUT2D eigenvalue weighted by atomic mass is 10.2. The van der Waals surface area contributed by atoms with Gasteiger partial charge in [0.05, 0.1) is 0 Å². The molecule has 2 unspecified atom stereocenters. The Morgan fingerprint density at radius 2 is 2.50 bits per heavy atom. The van der Waals surface area contributed by atoms with Crippen molar-refractivity contribution in [1.29, 1.82) is 0 Å². The Kier molecular flexibility index (Phi) is 4.56.